The molecule has 1 fully saturated rings. The molecule has 1 heterocycles. The molecule has 0 radical (unpaired) electrons. The van der Waals surface area contributed by atoms with Gasteiger partial charge < -0.3 is 5.32 Å². The van der Waals surface area contributed by atoms with Crippen LogP contribution in [0.2, 0.25) is 0 Å². The number of carbonyl (C=O) groups excluding carboxylic acids is 1. The Balaban J connectivity index is 1.71. The van der Waals surface area contributed by atoms with Crippen LogP contribution in [0.3, 0.4) is 0 Å². The fraction of sp³-hybridized carbons (Fsp3) is 0.286. The molecule has 0 atom stereocenters. The second kappa shape index (κ2) is 5.54. The Kier molecular flexibility index (Phi) is 3.71. The number of aromatic amines is 1. The van der Waals surface area contributed by atoms with Gasteiger partial charge in [-0.2, -0.15) is 5.10 Å². The highest BCUT2D eigenvalue weighted by atomic mass is 32.2. The monoisotopic (exact) mass is 320 g/mol. The Morgan fingerprint density at radius 3 is 2.55 bits per heavy atom. The fourth-order valence-electron chi connectivity index (χ4n) is 2.10. The Morgan fingerprint density at radius 1 is 1.27 bits per heavy atom. The summed E-state index contributed by atoms with van der Waals surface area (Å²) in [6, 6.07) is 7.54. The third-order valence-corrected chi connectivity index (χ3v) is 4.98. The number of carbonyl (C=O) groups is 1. The maximum Gasteiger partial charge on any atom is 0.256 e. The van der Waals surface area contributed by atoms with Gasteiger partial charge >= 0.3 is 0 Å². The normalized spacial score (nSPS) is 14.8. The SMILES string of the molecule is CNS(=O)(=O)c1ccc(C(=O)Nc2cc(C3CC3)[nH]n2)cc1. The van der Waals surface area contributed by atoms with Crippen LogP contribution in [0.5, 0.6) is 0 Å². The van der Waals surface area contributed by atoms with Crippen molar-refractivity contribution >= 4 is 21.7 Å². The second-order valence-electron chi connectivity index (χ2n) is 5.17. The summed E-state index contributed by atoms with van der Waals surface area (Å²) < 4.78 is 25.5. The van der Waals surface area contributed by atoms with E-state index < -0.39 is 10.0 Å². The largest absolute Gasteiger partial charge is 0.305 e. The van der Waals surface area contributed by atoms with Crippen LogP contribution in [0.25, 0.3) is 0 Å². The summed E-state index contributed by atoms with van der Waals surface area (Å²) >= 11 is 0. The van der Waals surface area contributed by atoms with E-state index in [0.717, 1.165) is 18.5 Å². The number of amides is 1. The average molecular weight is 320 g/mol. The van der Waals surface area contributed by atoms with Gasteiger partial charge in [0.15, 0.2) is 5.82 Å². The maximum atomic E-state index is 12.1. The summed E-state index contributed by atoms with van der Waals surface area (Å²) in [5.74, 6) is 0.672. The summed E-state index contributed by atoms with van der Waals surface area (Å²) in [7, 11) is -2.16. The fourth-order valence-corrected chi connectivity index (χ4v) is 2.83. The zero-order chi connectivity index (χ0) is 15.7. The van der Waals surface area contributed by atoms with Crippen molar-refractivity contribution in [2.75, 3.05) is 12.4 Å². The van der Waals surface area contributed by atoms with E-state index in [0.29, 0.717) is 17.3 Å². The number of nitrogens with one attached hydrogen (secondary N) is 3. The highest BCUT2D eigenvalue weighted by Gasteiger charge is 2.25. The van der Waals surface area contributed by atoms with Crippen molar-refractivity contribution in [3.63, 3.8) is 0 Å². The van der Waals surface area contributed by atoms with Gasteiger partial charge in [0.2, 0.25) is 10.0 Å². The van der Waals surface area contributed by atoms with Crippen LogP contribution >= 0.6 is 0 Å². The first-order valence-corrected chi connectivity index (χ1v) is 8.38. The van der Waals surface area contributed by atoms with E-state index >= 15 is 0 Å². The Morgan fingerprint density at radius 2 is 1.95 bits per heavy atom. The third kappa shape index (κ3) is 3.02. The number of sulfonamides is 1. The maximum absolute atomic E-state index is 12.1. The molecule has 1 aromatic carbocycles. The van der Waals surface area contributed by atoms with E-state index in [1.807, 2.05) is 6.07 Å². The van der Waals surface area contributed by atoms with Gasteiger partial charge in [0.1, 0.15) is 0 Å². The number of rotatable bonds is 5. The molecule has 1 aliphatic rings. The molecular weight excluding hydrogens is 304 g/mol. The van der Waals surface area contributed by atoms with Crippen molar-refractivity contribution in [2.45, 2.75) is 23.7 Å². The minimum Gasteiger partial charge on any atom is -0.305 e. The van der Waals surface area contributed by atoms with Crippen LogP contribution in [0, 0.1) is 0 Å². The van der Waals surface area contributed by atoms with Crippen LogP contribution in [0.1, 0.15) is 34.8 Å². The molecule has 0 saturated heterocycles. The number of hydrogen-bond donors (Lipinski definition) is 3. The minimum atomic E-state index is -3.50. The van der Waals surface area contributed by atoms with Gasteiger partial charge in [-0.25, -0.2) is 13.1 Å². The highest BCUT2D eigenvalue weighted by molar-refractivity contribution is 7.89. The van der Waals surface area contributed by atoms with E-state index in [4.69, 9.17) is 0 Å². The summed E-state index contributed by atoms with van der Waals surface area (Å²) in [5.41, 5.74) is 1.40. The number of hydrogen-bond acceptors (Lipinski definition) is 4. The molecule has 0 aliphatic heterocycles. The van der Waals surface area contributed by atoms with Crippen molar-refractivity contribution in [3.05, 3.63) is 41.6 Å². The number of H-pyrrole nitrogens is 1. The second-order valence-corrected chi connectivity index (χ2v) is 7.06. The van der Waals surface area contributed by atoms with Crippen LogP contribution < -0.4 is 10.0 Å². The summed E-state index contributed by atoms with van der Waals surface area (Å²) in [6.45, 7) is 0. The Bertz CT molecular complexity index is 792. The lowest BCUT2D eigenvalue weighted by Crippen LogP contribution is -2.19. The van der Waals surface area contributed by atoms with E-state index in [1.165, 1.54) is 31.3 Å². The molecular formula is C14H16N4O3S. The van der Waals surface area contributed by atoms with E-state index in [9.17, 15) is 13.2 Å². The van der Waals surface area contributed by atoms with Crippen LogP contribution in [0.15, 0.2) is 35.2 Å². The first-order valence-electron chi connectivity index (χ1n) is 6.90. The molecule has 1 aromatic heterocycles. The van der Waals surface area contributed by atoms with E-state index in [2.05, 4.69) is 20.2 Å². The lowest BCUT2D eigenvalue weighted by atomic mass is 10.2. The molecule has 7 nitrogen and oxygen atoms in total. The molecule has 1 amide bonds. The van der Waals surface area contributed by atoms with Gasteiger partial charge in [-0.15, -0.1) is 0 Å². The van der Waals surface area contributed by atoms with Crippen LogP contribution in [-0.2, 0) is 10.0 Å². The van der Waals surface area contributed by atoms with Gasteiger partial charge in [-0.05, 0) is 44.2 Å². The van der Waals surface area contributed by atoms with Gasteiger partial charge in [0.25, 0.3) is 5.91 Å². The van der Waals surface area contributed by atoms with Crippen molar-refractivity contribution in [2.24, 2.45) is 0 Å². The average Bonchev–Trinajstić information content (AvgIpc) is 3.27. The molecule has 1 aliphatic carbocycles. The smallest absolute Gasteiger partial charge is 0.256 e. The first-order chi connectivity index (χ1) is 10.5. The van der Waals surface area contributed by atoms with Crippen molar-refractivity contribution in [3.8, 4) is 0 Å². The van der Waals surface area contributed by atoms with Gasteiger partial charge in [-0.1, -0.05) is 0 Å². The van der Waals surface area contributed by atoms with Crippen LogP contribution in [-0.4, -0.2) is 31.6 Å². The zero-order valence-corrected chi connectivity index (χ0v) is 12.8. The lowest BCUT2D eigenvalue weighted by molar-refractivity contribution is 0.102. The van der Waals surface area contributed by atoms with Gasteiger partial charge in [0, 0.05) is 23.2 Å². The quantitative estimate of drug-likeness (QED) is 0.775. The Hall–Kier alpha value is -2.19. The van der Waals surface area contributed by atoms with E-state index in [-0.39, 0.29) is 10.8 Å². The number of nitrogens with zero attached hydrogens (tertiary/aromatic N) is 1. The summed E-state index contributed by atoms with van der Waals surface area (Å²) in [4.78, 5) is 12.2. The molecule has 0 bridgehead atoms. The van der Waals surface area contributed by atoms with Gasteiger partial charge in [-0.3, -0.25) is 9.89 Å². The highest BCUT2D eigenvalue weighted by Crippen LogP contribution is 2.39. The topological polar surface area (TPSA) is 104 Å². The van der Waals surface area contributed by atoms with Crippen molar-refractivity contribution < 1.29 is 13.2 Å². The Labute approximate surface area is 128 Å². The molecule has 116 valence electrons. The minimum absolute atomic E-state index is 0.113. The molecule has 3 N–H and O–H groups in total. The first kappa shape index (κ1) is 14.7. The number of benzene rings is 1. The third-order valence-electron chi connectivity index (χ3n) is 3.55. The molecule has 0 spiro atoms. The predicted molar refractivity (Wildman–Crippen MR) is 81.2 cm³/mol. The molecule has 2 aromatic rings. The molecule has 3 rings (SSSR count). The number of anilines is 1. The zero-order valence-electron chi connectivity index (χ0n) is 12.0. The molecule has 8 heteroatoms. The molecule has 0 unspecified atom stereocenters. The van der Waals surface area contributed by atoms with Crippen molar-refractivity contribution in [1.29, 1.82) is 0 Å². The predicted octanol–water partition coefficient (Wildman–Crippen LogP) is 1.45. The lowest BCUT2D eigenvalue weighted by Gasteiger charge is -2.04. The van der Waals surface area contributed by atoms with Crippen LogP contribution in [0.4, 0.5) is 5.82 Å². The molecule has 22 heavy (non-hydrogen) atoms. The standard InChI is InChI=1S/C14H16N4O3S/c1-15-22(20,21)11-6-4-10(5-7-11)14(19)16-13-8-12(17-18-13)9-2-3-9/h4-9,15H,2-3H2,1H3,(H2,16,17,18,19). The molecule has 1 saturated carbocycles. The summed E-state index contributed by atoms with van der Waals surface area (Å²) in [6.07, 6.45) is 2.30. The van der Waals surface area contributed by atoms with Crippen molar-refractivity contribution in [1.82, 2.24) is 14.9 Å². The van der Waals surface area contributed by atoms with E-state index in [1.54, 1.807) is 0 Å². The summed E-state index contributed by atoms with van der Waals surface area (Å²) in [5, 5.41) is 9.65. The number of aromatic nitrogens is 2. The van der Waals surface area contributed by atoms with Gasteiger partial charge in [0.05, 0.1) is 4.90 Å².